The van der Waals surface area contributed by atoms with Gasteiger partial charge in [-0.05, 0) is 23.8 Å². The van der Waals surface area contributed by atoms with Crippen molar-refractivity contribution in [2.75, 3.05) is 6.54 Å². The molecular weight excluding hydrogens is 597 g/mol. The van der Waals surface area contributed by atoms with E-state index in [1.165, 1.54) is 29.5 Å². The number of amidine groups is 1. The Kier molecular flexibility index (Phi) is 7.45. The molecule has 2 aliphatic heterocycles. The van der Waals surface area contributed by atoms with Gasteiger partial charge >= 0.3 is 6.55 Å². The summed E-state index contributed by atoms with van der Waals surface area (Å²) >= 11 is 7.83. The average Bonchev–Trinajstić information content (AvgIpc) is 3.69. The Bertz CT molecular complexity index is 1740. The van der Waals surface area contributed by atoms with E-state index in [4.69, 9.17) is 16.6 Å². The molecule has 41 heavy (non-hydrogen) atoms. The Morgan fingerprint density at radius 2 is 1.95 bits per heavy atom. The molecule has 0 amide bonds. The van der Waals surface area contributed by atoms with Crippen molar-refractivity contribution in [1.82, 2.24) is 24.4 Å². The average molecular weight is 619 g/mol. The molecule has 6 rings (SSSR count). The third-order valence-corrected chi connectivity index (χ3v) is 9.27. The van der Waals surface area contributed by atoms with E-state index < -0.39 is 34.5 Å². The summed E-state index contributed by atoms with van der Waals surface area (Å²) in [6.45, 7) is -2.64. The van der Waals surface area contributed by atoms with Gasteiger partial charge in [0.05, 0.1) is 11.4 Å². The molecule has 1 saturated heterocycles. The number of sulfonamides is 1. The lowest BCUT2D eigenvalue weighted by molar-refractivity contribution is 0.0564. The van der Waals surface area contributed by atoms with Crippen LogP contribution < -0.4 is 4.72 Å². The molecule has 0 bridgehead atoms. The number of halogens is 4. The quantitative estimate of drug-likeness (QED) is 0.276. The Labute approximate surface area is 242 Å². The van der Waals surface area contributed by atoms with Crippen LogP contribution >= 0.6 is 22.9 Å². The number of thiazole rings is 1. The standard InChI is InChI=1S/C27H22ClF3N6O2S2/c28-20-12-17(29)6-7-19(20)24-23(21-8-10-37(34-21)27(30)31)22-13-18(14-36(22)25(33-24)26-32-9-11-40-26)35-41(38,39)15-16-4-2-1-3-5-16/h1-12,18,24,27,35H,13-15H2/t18-,24-/m0/s1. The monoisotopic (exact) mass is 618 g/mol. The van der Waals surface area contributed by atoms with Crippen molar-refractivity contribution in [2.24, 2.45) is 4.99 Å². The summed E-state index contributed by atoms with van der Waals surface area (Å²) in [4.78, 5) is 11.2. The smallest absolute Gasteiger partial charge is 0.326 e. The number of aromatic nitrogens is 3. The highest BCUT2D eigenvalue weighted by molar-refractivity contribution is 7.88. The van der Waals surface area contributed by atoms with Crippen molar-refractivity contribution in [3.8, 4) is 0 Å². The molecule has 1 fully saturated rings. The number of fused-ring (bicyclic) bond motifs is 1. The van der Waals surface area contributed by atoms with Gasteiger partial charge in [0.2, 0.25) is 10.0 Å². The van der Waals surface area contributed by atoms with Crippen LogP contribution in [0.4, 0.5) is 13.2 Å². The van der Waals surface area contributed by atoms with Crippen molar-refractivity contribution in [3.63, 3.8) is 0 Å². The molecule has 2 aliphatic rings. The van der Waals surface area contributed by atoms with Gasteiger partial charge in [-0.3, -0.25) is 4.99 Å². The first-order chi connectivity index (χ1) is 19.7. The largest absolute Gasteiger partial charge is 0.333 e. The molecule has 0 unspecified atom stereocenters. The van der Waals surface area contributed by atoms with Gasteiger partial charge in [-0.15, -0.1) is 11.3 Å². The van der Waals surface area contributed by atoms with Gasteiger partial charge in [0, 0.05) is 58.6 Å². The van der Waals surface area contributed by atoms with Crippen LogP contribution in [0.2, 0.25) is 5.02 Å². The van der Waals surface area contributed by atoms with Gasteiger partial charge < -0.3 is 4.90 Å². The molecule has 0 saturated carbocycles. The number of rotatable bonds is 8. The summed E-state index contributed by atoms with van der Waals surface area (Å²) in [6, 6.07) is 12.8. The highest BCUT2D eigenvalue weighted by Gasteiger charge is 2.42. The highest BCUT2D eigenvalue weighted by Crippen LogP contribution is 2.46. The normalized spacial score (nSPS) is 19.1. The number of benzene rings is 2. The molecule has 2 aromatic carbocycles. The number of alkyl halides is 2. The zero-order chi connectivity index (χ0) is 28.7. The lowest BCUT2D eigenvalue weighted by atomic mass is 9.92. The van der Waals surface area contributed by atoms with Crippen LogP contribution in [-0.2, 0) is 15.8 Å². The van der Waals surface area contributed by atoms with Crippen LogP contribution in [0.3, 0.4) is 0 Å². The second-order valence-corrected chi connectivity index (χ2v) is 12.6. The van der Waals surface area contributed by atoms with Crippen LogP contribution in [-0.4, -0.2) is 46.5 Å². The van der Waals surface area contributed by atoms with Crippen LogP contribution in [0, 0.1) is 5.82 Å². The van der Waals surface area contributed by atoms with Gasteiger partial charge in [-0.2, -0.15) is 13.9 Å². The fraction of sp³-hybridized carbons (Fsp3) is 0.222. The summed E-state index contributed by atoms with van der Waals surface area (Å²) in [5.74, 6) is -0.261. The van der Waals surface area contributed by atoms with E-state index in [0.717, 1.165) is 12.3 Å². The third kappa shape index (κ3) is 5.67. The van der Waals surface area contributed by atoms with E-state index in [-0.39, 0.29) is 29.4 Å². The van der Waals surface area contributed by atoms with E-state index in [1.807, 2.05) is 11.0 Å². The minimum Gasteiger partial charge on any atom is -0.326 e. The number of nitrogens with one attached hydrogen (secondary N) is 1. The zero-order valence-electron chi connectivity index (χ0n) is 21.2. The van der Waals surface area contributed by atoms with Crippen molar-refractivity contribution < 1.29 is 21.6 Å². The van der Waals surface area contributed by atoms with E-state index in [0.29, 0.717) is 37.9 Å². The molecule has 1 N–H and O–H groups in total. The van der Waals surface area contributed by atoms with Crippen molar-refractivity contribution >= 4 is 44.4 Å². The molecule has 4 aromatic rings. The first-order valence-electron chi connectivity index (χ1n) is 12.5. The lowest BCUT2D eigenvalue weighted by Crippen LogP contribution is -2.39. The molecular formula is C27H22ClF3N6O2S2. The number of hydrogen-bond donors (Lipinski definition) is 1. The van der Waals surface area contributed by atoms with Crippen LogP contribution in [0.5, 0.6) is 0 Å². The summed E-state index contributed by atoms with van der Waals surface area (Å²) in [5, 5.41) is 6.58. The Morgan fingerprint density at radius 3 is 2.63 bits per heavy atom. The minimum absolute atomic E-state index is 0.107. The van der Waals surface area contributed by atoms with Crippen molar-refractivity contribution in [1.29, 1.82) is 0 Å². The van der Waals surface area contributed by atoms with E-state index in [1.54, 1.807) is 35.8 Å². The molecule has 14 heteroatoms. The molecule has 2 atom stereocenters. The fourth-order valence-electron chi connectivity index (χ4n) is 5.12. The highest BCUT2D eigenvalue weighted by atomic mass is 35.5. The van der Waals surface area contributed by atoms with Crippen molar-refractivity contribution in [2.45, 2.75) is 30.8 Å². The number of aliphatic imine (C=N–C) groups is 1. The minimum atomic E-state index is -3.73. The molecule has 0 spiro atoms. The van der Waals surface area contributed by atoms with E-state index in [2.05, 4.69) is 14.8 Å². The predicted molar refractivity (Wildman–Crippen MR) is 151 cm³/mol. The Hall–Kier alpha value is -3.52. The van der Waals surface area contributed by atoms with Gasteiger partial charge in [0.1, 0.15) is 11.9 Å². The first-order valence-corrected chi connectivity index (χ1v) is 15.4. The second-order valence-electron chi connectivity index (χ2n) is 9.55. The van der Waals surface area contributed by atoms with Gasteiger partial charge in [-0.1, -0.05) is 48.0 Å². The fourth-order valence-corrected chi connectivity index (χ4v) is 7.41. The van der Waals surface area contributed by atoms with Gasteiger partial charge in [-0.25, -0.2) is 27.2 Å². The van der Waals surface area contributed by atoms with Crippen LogP contribution in [0.1, 0.15) is 40.8 Å². The third-order valence-electron chi connectivity index (χ3n) is 6.77. The van der Waals surface area contributed by atoms with E-state index >= 15 is 0 Å². The summed E-state index contributed by atoms with van der Waals surface area (Å²) in [6.07, 6.45) is 3.02. The molecule has 212 valence electrons. The molecule has 0 aliphatic carbocycles. The maximum atomic E-state index is 14.0. The topological polar surface area (TPSA) is 92.5 Å². The molecule has 4 heterocycles. The summed E-state index contributed by atoms with van der Waals surface area (Å²) in [7, 11) is -3.73. The lowest BCUT2D eigenvalue weighted by Gasteiger charge is -2.32. The van der Waals surface area contributed by atoms with Gasteiger partial charge in [0.15, 0.2) is 10.8 Å². The molecule has 8 nitrogen and oxygen atoms in total. The molecule has 0 radical (unpaired) electrons. The summed E-state index contributed by atoms with van der Waals surface area (Å²) in [5.41, 5.74) is 2.43. The van der Waals surface area contributed by atoms with Crippen LogP contribution in [0.15, 0.2) is 83.1 Å². The van der Waals surface area contributed by atoms with Crippen molar-refractivity contribution in [3.05, 3.63) is 111 Å². The SMILES string of the molecule is O=S(=O)(Cc1ccccc1)N[C@H]1CC2=C(c3ccn(C(F)F)n3)[C@H](c3ccc(F)cc3Cl)N=C(c3nccs3)N2C1. The first kappa shape index (κ1) is 27.6. The maximum Gasteiger partial charge on any atom is 0.333 e. The summed E-state index contributed by atoms with van der Waals surface area (Å²) < 4.78 is 70.6. The Morgan fingerprint density at radius 1 is 1.15 bits per heavy atom. The van der Waals surface area contributed by atoms with Crippen LogP contribution in [0.25, 0.3) is 5.57 Å². The zero-order valence-corrected chi connectivity index (χ0v) is 23.6. The Balaban J connectivity index is 1.45. The number of hydrogen-bond acceptors (Lipinski definition) is 7. The van der Waals surface area contributed by atoms with E-state index in [9.17, 15) is 21.6 Å². The number of nitrogens with zero attached hydrogens (tertiary/aromatic N) is 5. The maximum absolute atomic E-state index is 14.0. The molecule has 2 aromatic heterocycles. The second kappa shape index (κ2) is 11.0. The van der Waals surface area contributed by atoms with Gasteiger partial charge in [0.25, 0.3) is 0 Å². The predicted octanol–water partition coefficient (Wildman–Crippen LogP) is 5.63.